The van der Waals surface area contributed by atoms with Gasteiger partial charge in [0.15, 0.2) is 0 Å². The maximum Gasteiger partial charge on any atom is 0.252 e. The number of nitrogens with zero attached hydrogens (tertiary/aromatic N) is 1. The van der Waals surface area contributed by atoms with E-state index in [1.165, 1.54) is 15.6 Å². The van der Waals surface area contributed by atoms with E-state index in [4.69, 9.17) is 0 Å². The maximum absolute atomic E-state index is 12.2. The van der Waals surface area contributed by atoms with Crippen LogP contribution in [-0.2, 0) is 16.4 Å². The first-order chi connectivity index (χ1) is 8.52. The number of rotatable bonds is 8. The van der Waals surface area contributed by atoms with Crippen molar-refractivity contribution in [1.29, 1.82) is 0 Å². The minimum absolute atomic E-state index is 0.451. The van der Waals surface area contributed by atoms with E-state index in [2.05, 4.69) is 12.2 Å². The monoisotopic (exact) mass is 290 g/mol. The molecule has 0 fully saturated rings. The third-order valence-corrected chi connectivity index (χ3v) is 6.22. The molecule has 1 N–H and O–H groups in total. The molecular formula is C12H22N2O2S2. The van der Waals surface area contributed by atoms with E-state index in [0.717, 1.165) is 30.7 Å². The Hall–Kier alpha value is -0.430. The number of hydrogen-bond donors (Lipinski definition) is 1. The summed E-state index contributed by atoms with van der Waals surface area (Å²) in [5, 5.41) is 3.06. The Labute approximate surface area is 114 Å². The number of nitrogens with one attached hydrogen (secondary N) is 1. The molecule has 0 aliphatic carbocycles. The molecule has 18 heavy (non-hydrogen) atoms. The molecule has 0 spiro atoms. The number of thiophene rings is 1. The standard InChI is InChI=1S/C12H22N2O2S2/c1-4-5-10-14(3)18(15,16)12-7-6-11(17-12)8-9-13-2/h6-7,13H,4-5,8-10H2,1-3H3. The highest BCUT2D eigenvalue weighted by Gasteiger charge is 2.22. The van der Waals surface area contributed by atoms with E-state index in [1.54, 1.807) is 13.1 Å². The lowest BCUT2D eigenvalue weighted by Crippen LogP contribution is -2.27. The molecule has 6 heteroatoms. The largest absolute Gasteiger partial charge is 0.319 e. The van der Waals surface area contributed by atoms with E-state index in [0.29, 0.717) is 10.8 Å². The van der Waals surface area contributed by atoms with Gasteiger partial charge in [-0.15, -0.1) is 11.3 Å². The molecule has 1 heterocycles. The zero-order valence-corrected chi connectivity index (χ0v) is 12.9. The summed E-state index contributed by atoms with van der Waals surface area (Å²) in [7, 11) is 0.259. The first kappa shape index (κ1) is 15.6. The van der Waals surface area contributed by atoms with Crippen LogP contribution in [0.4, 0.5) is 0 Å². The van der Waals surface area contributed by atoms with Crippen molar-refractivity contribution in [1.82, 2.24) is 9.62 Å². The first-order valence-electron chi connectivity index (χ1n) is 6.22. The number of likely N-dealkylation sites (N-methyl/N-ethyl adjacent to an activating group) is 1. The lowest BCUT2D eigenvalue weighted by atomic mass is 10.3. The summed E-state index contributed by atoms with van der Waals surface area (Å²) in [4.78, 5) is 1.10. The Morgan fingerprint density at radius 3 is 2.72 bits per heavy atom. The van der Waals surface area contributed by atoms with Gasteiger partial charge in [0.25, 0.3) is 10.0 Å². The van der Waals surface area contributed by atoms with Crippen LogP contribution in [0.3, 0.4) is 0 Å². The third kappa shape index (κ3) is 4.05. The molecular weight excluding hydrogens is 268 g/mol. The maximum atomic E-state index is 12.2. The van der Waals surface area contributed by atoms with Crippen molar-refractivity contribution >= 4 is 21.4 Å². The van der Waals surface area contributed by atoms with Gasteiger partial charge in [-0.2, -0.15) is 0 Å². The molecule has 0 aliphatic heterocycles. The predicted molar refractivity (Wildman–Crippen MR) is 76.7 cm³/mol. The minimum Gasteiger partial charge on any atom is -0.319 e. The van der Waals surface area contributed by atoms with Crippen molar-refractivity contribution in [3.05, 3.63) is 17.0 Å². The van der Waals surface area contributed by atoms with E-state index >= 15 is 0 Å². The Bertz CT molecular complexity index is 454. The normalized spacial score (nSPS) is 12.2. The minimum atomic E-state index is -3.28. The smallest absolute Gasteiger partial charge is 0.252 e. The van der Waals surface area contributed by atoms with Gasteiger partial charge >= 0.3 is 0 Å². The van der Waals surface area contributed by atoms with Gasteiger partial charge in [-0.05, 0) is 38.6 Å². The molecule has 0 amide bonds. The van der Waals surface area contributed by atoms with E-state index in [1.807, 2.05) is 13.1 Å². The number of unbranched alkanes of at least 4 members (excludes halogenated alkanes) is 1. The summed E-state index contributed by atoms with van der Waals surface area (Å²) >= 11 is 1.37. The van der Waals surface area contributed by atoms with Crippen molar-refractivity contribution < 1.29 is 8.42 Å². The lowest BCUT2D eigenvalue weighted by Gasteiger charge is -2.15. The van der Waals surface area contributed by atoms with Crippen LogP contribution in [0.15, 0.2) is 16.3 Å². The summed E-state index contributed by atoms with van der Waals surface area (Å²) in [6.07, 6.45) is 2.76. The molecule has 104 valence electrons. The fourth-order valence-electron chi connectivity index (χ4n) is 1.53. The quantitative estimate of drug-likeness (QED) is 0.796. The summed E-state index contributed by atoms with van der Waals surface area (Å²) in [5.74, 6) is 0. The second-order valence-electron chi connectivity index (χ2n) is 4.25. The summed E-state index contributed by atoms with van der Waals surface area (Å²) < 4.78 is 26.4. The van der Waals surface area contributed by atoms with Gasteiger partial charge in [0.05, 0.1) is 0 Å². The fraction of sp³-hybridized carbons (Fsp3) is 0.667. The van der Waals surface area contributed by atoms with Crippen molar-refractivity contribution in [2.45, 2.75) is 30.4 Å². The van der Waals surface area contributed by atoms with Crippen LogP contribution in [0, 0.1) is 0 Å². The van der Waals surface area contributed by atoms with E-state index < -0.39 is 10.0 Å². The molecule has 1 rings (SSSR count). The molecule has 1 aromatic heterocycles. The van der Waals surface area contributed by atoms with Gasteiger partial charge in [-0.25, -0.2) is 12.7 Å². The summed E-state index contributed by atoms with van der Waals surface area (Å²) in [5.41, 5.74) is 0. The van der Waals surface area contributed by atoms with E-state index in [9.17, 15) is 8.42 Å². The average Bonchev–Trinajstić information content (AvgIpc) is 2.82. The van der Waals surface area contributed by atoms with Crippen molar-refractivity contribution in [3.8, 4) is 0 Å². The number of sulfonamides is 1. The Morgan fingerprint density at radius 1 is 1.39 bits per heavy atom. The van der Waals surface area contributed by atoms with Crippen LogP contribution < -0.4 is 5.32 Å². The lowest BCUT2D eigenvalue weighted by molar-refractivity contribution is 0.461. The Balaban J connectivity index is 2.75. The van der Waals surface area contributed by atoms with Gasteiger partial charge in [0, 0.05) is 18.5 Å². The van der Waals surface area contributed by atoms with Crippen LogP contribution in [0.25, 0.3) is 0 Å². The summed E-state index contributed by atoms with van der Waals surface area (Å²) in [6.45, 7) is 3.51. The third-order valence-electron chi connectivity index (χ3n) is 2.75. The molecule has 1 aromatic rings. The van der Waals surface area contributed by atoms with Crippen molar-refractivity contribution in [3.63, 3.8) is 0 Å². The van der Waals surface area contributed by atoms with Crippen LogP contribution in [0.2, 0.25) is 0 Å². The Kier molecular flexibility index (Phi) is 6.28. The zero-order chi connectivity index (χ0) is 13.6. The molecule has 0 aromatic carbocycles. The molecule has 0 saturated carbocycles. The predicted octanol–water partition coefficient (Wildman–Crippen LogP) is 1.93. The van der Waals surface area contributed by atoms with Crippen LogP contribution >= 0.6 is 11.3 Å². The molecule has 0 aliphatic rings. The topological polar surface area (TPSA) is 49.4 Å². The second-order valence-corrected chi connectivity index (χ2v) is 7.69. The molecule has 0 atom stereocenters. The van der Waals surface area contributed by atoms with Crippen LogP contribution in [0.5, 0.6) is 0 Å². The molecule has 4 nitrogen and oxygen atoms in total. The zero-order valence-electron chi connectivity index (χ0n) is 11.3. The van der Waals surface area contributed by atoms with Crippen LogP contribution in [-0.4, -0.2) is 39.9 Å². The number of hydrogen-bond acceptors (Lipinski definition) is 4. The molecule has 0 saturated heterocycles. The van der Waals surface area contributed by atoms with Crippen molar-refractivity contribution in [2.75, 3.05) is 27.2 Å². The van der Waals surface area contributed by atoms with Gasteiger partial charge in [0.1, 0.15) is 4.21 Å². The van der Waals surface area contributed by atoms with Crippen LogP contribution in [0.1, 0.15) is 24.6 Å². The highest BCUT2D eigenvalue weighted by molar-refractivity contribution is 7.91. The SMILES string of the molecule is CCCCN(C)S(=O)(=O)c1ccc(CCNC)s1. The second kappa shape index (κ2) is 7.23. The van der Waals surface area contributed by atoms with Gasteiger partial charge in [-0.1, -0.05) is 13.3 Å². The molecule has 0 radical (unpaired) electrons. The first-order valence-corrected chi connectivity index (χ1v) is 8.47. The molecule has 0 unspecified atom stereocenters. The Morgan fingerprint density at radius 2 is 2.11 bits per heavy atom. The van der Waals surface area contributed by atoms with E-state index in [-0.39, 0.29) is 0 Å². The highest BCUT2D eigenvalue weighted by atomic mass is 32.2. The average molecular weight is 290 g/mol. The molecule has 0 bridgehead atoms. The van der Waals surface area contributed by atoms with Gasteiger partial charge in [-0.3, -0.25) is 0 Å². The van der Waals surface area contributed by atoms with Crippen molar-refractivity contribution in [2.24, 2.45) is 0 Å². The van der Waals surface area contributed by atoms with Gasteiger partial charge in [0.2, 0.25) is 0 Å². The highest BCUT2D eigenvalue weighted by Crippen LogP contribution is 2.24. The fourth-order valence-corrected chi connectivity index (χ4v) is 4.31. The summed E-state index contributed by atoms with van der Waals surface area (Å²) in [6, 6.07) is 3.62. The van der Waals surface area contributed by atoms with Gasteiger partial charge < -0.3 is 5.32 Å².